The van der Waals surface area contributed by atoms with Crippen LogP contribution in [0.2, 0.25) is 0 Å². The molecule has 2 aromatic rings. The molecule has 0 bridgehead atoms. The van der Waals surface area contributed by atoms with E-state index in [4.69, 9.17) is 4.74 Å². The van der Waals surface area contributed by atoms with Crippen LogP contribution in [0.25, 0.3) is 0 Å². The Morgan fingerprint density at radius 2 is 1.91 bits per heavy atom. The van der Waals surface area contributed by atoms with E-state index >= 15 is 0 Å². The molecule has 0 aliphatic rings. The zero-order chi connectivity index (χ0) is 15.9. The molecule has 0 aliphatic heterocycles. The van der Waals surface area contributed by atoms with Crippen LogP contribution in [0.15, 0.2) is 54.6 Å². The second-order valence-corrected chi connectivity index (χ2v) is 5.10. The summed E-state index contributed by atoms with van der Waals surface area (Å²) in [6.07, 6.45) is 0.277. The number of carbonyl (C=O) groups is 1. The lowest BCUT2D eigenvalue weighted by molar-refractivity contribution is -0.384. The molecule has 0 spiro atoms. The van der Waals surface area contributed by atoms with Gasteiger partial charge in [0.2, 0.25) is 0 Å². The molecule has 1 unspecified atom stereocenters. The molecule has 0 fully saturated rings. The Kier molecular flexibility index (Phi) is 5.25. The van der Waals surface area contributed by atoms with Gasteiger partial charge in [-0.25, -0.2) is 0 Å². The fraction of sp³-hybridized carbons (Fsp3) is 0.235. The summed E-state index contributed by atoms with van der Waals surface area (Å²) in [7, 11) is 0. The number of benzene rings is 2. The summed E-state index contributed by atoms with van der Waals surface area (Å²) in [5.74, 6) is -0.248. The van der Waals surface area contributed by atoms with Crippen molar-refractivity contribution in [2.75, 3.05) is 0 Å². The molecular weight excluding hydrogens is 282 g/mol. The van der Waals surface area contributed by atoms with Gasteiger partial charge in [-0.15, -0.1) is 0 Å². The van der Waals surface area contributed by atoms with Gasteiger partial charge in [0.25, 0.3) is 5.69 Å². The van der Waals surface area contributed by atoms with Crippen molar-refractivity contribution in [3.8, 4) is 0 Å². The maximum Gasteiger partial charge on any atom is 0.306 e. The van der Waals surface area contributed by atoms with Gasteiger partial charge in [0.15, 0.2) is 0 Å². The minimum Gasteiger partial charge on any atom is -0.461 e. The minimum atomic E-state index is -0.469. The summed E-state index contributed by atoms with van der Waals surface area (Å²) in [6, 6.07) is 15.8. The summed E-state index contributed by atoms with van der Waals surface area (Å²) in [6.45, 7) is 2.01. The van der Waals surface area contributed by atoms with E-state index in [9.17, 15) is 14.9 Å². The van der Waals surface area contributed by atoms with E-state index in [1.54, 1.807) is 12.1 Å². The molecule has 0 amide bonds. The molecule has 0 saturated heterocycles. The number of nitrogens with zero attached hydrogens (tertiary/aromatic N) is 1. The van der Waals surface area contributed by atoms with Crippen molar-refractivity contribution in [1.29, 1.82) is 0 Å². The Morgan fingerprint density at radius 1 is 1.18 bits per heavy atom. The van der Waals surface area contributed by atoms with Gasteiger partial charge in [-0.05, 0) is 17.0 Å². The van der Waals surface area contributed by atoms with Crippen LogP contribution >= 0.6 is 0 Å². The van der Waals surface area contributed by atoms with Gasteiger partial charge < -0.3 is 4.74 Å². The molecule has 0 aliphatic carbocycles. The second-order valence-electron chi connectivity index (χ2n) is 5.10. The van der Waals surface area contributed by atoms with Crippen LogP contribution in [-0.2, 0) is 16.1 Å². The fourth-order valence-electron chi connectivity index (χ4n) is 2.13. The van der Waals surface area contributed by atoms with Crippen molar-refractivity contribution in [1.82, 2.24) is 0 Å². The average molecular weight is 299 g/mol. The first-order chi connectivity index (χ1) is 10.6. The van der Waals surface area contributed by atoms with Crippen molar-refractivity contribution in [2.45, 2.75) is 25.9 Å². The Bertz CT molecular complexity index is 655. The van der Waals surface area contributed by atoms with Crippen LogP contribution in [0, 0.1) is 10.1 Å². The predicted octanol–water partition coefficient (Wildman–Crippen LogP) is 3.83. The maximum absolute atomic E-state index is 11.9. The highest BCUT2D eigenvalue weighted by Gasteiger charge is 2.13. The van der Waals surface area contributed by atoms with Gasteiger partial charge in [-0.2, -0.15) is 0 Å². The Morgan fingerprint density at radius 3 is 2.59 bits per heavy atom. The predicted molar refractivity (Wildman–Crippen MR) is 82.4 cm³/mol. The van der Waals surface area contributed by atoms with Crippen molar-refractivity contribution < 1.29 is 14.5 Å². The Labute approximate surface area is 128 Å². The Balaban J connectivity index is 1.88. The number of rotatable bonds is 6. The zero-order valence-corrected chi connectivity index (χ0v) is 12.3. The molecule has 2 aromatic carbocycles. The van der Waals surface area contributed by atoms with E-state index in [1.165, 1.54) is 12.1 Å². The molecular formula is C17H17NO4. The van der Waals surface area contributed by atoms with E-state index in [0.717, 1.165) is 5.56 Å². The SMILES string of the molecule is CC(CC(=O)OCc1cccc([N+](=O)[O-])c1)c1ccccc1. The number of non-ortho nitro benzene ring substituents is 1. The summed E-state index contributed by atoms with van der Waals surface area (Å²) in [5.41, 5.74) is 1.68. The molecule has 0 radical (unpaired) electrons. The number of hydrogen-bond donors (Lipinski definition) is 0. The minimum absolute atomic E-state index is 0.00815. The zero-order valence-electron chi connectivity index (χ0n) is 12.3. The largest absolute Gasteiger partial charge is 0.461 e. The summed E-state index contributed by atoms with van der Waals surface area (Å²) < 4.78 is 5.19. The lowest BCUT2D eigenvalue weighted by Gasteiger charge is -2.11. The third-order valence-electron chi connectivity index (χ3n) is 3.36. The number of nitro groups is 1. The van der Waals surface area contributed by atoms with Gasteiger partial charge in [0.05, 0.1) is 11.3 Å². The van der Waals surface area contributed by atoms with Crippen molar-refractivity contribution in [2.24, 2.45) is 0 Å². The van der Waals surface area contributed by atoms with Gasteiger partial charge in [0.1, 0.15) is 6.61 Å². The van der Waals surface area contributed by atoms with Crippen molar-refractivity contribution in [3.05, 3.63) is 75.8 Å². The molecule has 0 aromatic heterocycles. The highest BCUT2D eigenvalue weighted by Crippen LogP contribution is 2.19. The third-order valence-corrected chi connectivity index (χ3v) is 3.36. The van der Waals surface area contributed by atoms with Gasteiger partial charge in [0, 0.05) is 12.1 Å². The molecule has 5 heteroatoms. The Hall–Kier alpha value is -2.69. The number of nitro benzene ring substituents is 1. The average Bonchev–Trinajstić information content (AvgIpc) is 2.54. The van der Waals surface area contributed by atoms with Gasteiger partial charge in [-0.1, -0.05) is 49.4 Å². The molecule has 0 N–H and O–H groups in total. The smallest absolute Gasteiger partial charge is 0.306 e. The topological polar surface area (TPSA) is 69.4 Å². The van der Waals surface area contributed by atoms with Crippen LogP contribution < -0.4 is 0 Å². The first-order valence-electron chi connectivity index (χ1n) is 7.00. The van der Waals surface area contributed by atoms with E-state index in [-0.39, 0.29) is 30.6 Å². The van der Waals surface area contributed by atoms with E-state index in [2.05, 4.69) is 0 Å². The molecule has 0 heterocycles. The standard InChI is InChI=1S/C17H17NO4/c1-13(15-7-3-2-4-8-15)10-17(19)22-12-14-6-5-9-16(11-14)18(20)21/h2-9,11,13H,10,12H2,1H3. The van der Waals surface area contributed by atoms with Crippen LogP contribution in [0.5, 0.6) is 0 Å². The highest BCUT2D eigenvalue weighted by atomic mass is 16.6. The summed E-state index contributed by atoms with van der Waals surface area (Å²) in [4.78, 5) is 22.1. The quantitative estimate of drug-likeness (QED) is 0.462. The summed E-state index contributed by atoms with van der Waals surface area (Å²) >= 11 is 0. The third kappa shape index (κ3) is 4.41. The highest BCUT2D eigenvalue weighted by molar-refractivity contribution is 5.70. The summed E-state index contributed by atoms with van der Waals surface area (Å²) in [5, 5.41) is 10.7. The van der Waals surface area contributed by atoms with Crippen molar-refractivity contribution >= 4 is 11.7 Å². The molecule has 2 rings (SSSR count). The van der Waals surface area contributed by atoms with Gasteiger partial charge in [-0.3, -0.25) is 14.9 Å². The van der Waals surface area contributed by atoms with E-state index in [0.29, 0.717) is 5.56 Å². The van der Waals surface area contributed by atoms with Crippen LogP contribution in [0.1, 0.15) is 30.4 Å². The number of hydrogen-bond acceptors (Lipinski definition) is 4. The van der Waals surface area contributed by atoms with E-state index in [1.807, 2.05) is 37.3 Å². The number of carbonyl (C=O) groups excluding carboxylic acids is 1. The molecule has 114 valence electrons. The lowest BCUT2D eigenvalue weighted by atomic mass is 9.98. The first-order valence-corrected chi connectivity index (χ1v) is 7.00. The number of esters is 1. The van der Waals surface area contributed by atoms with Gasteiger partial charge >= 0.3 is 5.97 Å². The molecule has 22 heavy (non-hydrogen) atoms. The lowest BCUT2D eigenvalue weighted by Crippen LogP contribution is -2.08. The van der Waals surface area contributed by atoms with Crippen molar-refractivity contribution in [3.63, 3.8) is 0 Å². The normalized spacial score (nSPS) is 11.7. The van der Waals surface area contributed by atoms with Crippen LogP contribution in [0.3, 0.4) is 0 Å². The second kappa shape index (κ2) is 7.36. The first kappa shape index (κ1) is 15.7. The maximum atomic E-state index is 11.9. The fourth-order valence-corrected chi connectivity index (χ4v) is 2.13. The van der Waals surface area contributed by atoms with Crippen LogP contribution in [0.4, 0.5) is 5.69 Å². The molecule has 5 nitrogen and oxygen atoms in total. The number of ether oxygens (including phenoxy) is 1. The van der Waals surface area contributed by atoms with Crippen LogP contribution in [-0.4, -0.2) is 10.9 Å². The molecule has 0 saturated carbocycles. The van der Waals surface area contributed by atoms with E-state index < -0.39 is 4.92 Å². The molecule has 1 atom stereocenters. The monoisotopic (exact) mass is 299 g/mol.